The Morgan fingerprint density at radius 1 is 1.15 bits per heavy atom. The van der Waals surface area contributed by atoms with Crippen LogP contribution in [-0.4, -0.2) is 50.6 Å². The van der Waals surface area contributed by atoms with E-state index in [1.54, 1.807) is 0 Å². The second-order valence-corrected chi connectivity index (χ2v) is 9.58. The van der Waals surface area contributed by atoms with Crippen molar-refractivity contribution in [2.45, 2.75) is 36.8 Å². The molecular weight excluding hydrogens is 360 g/mol. The van der Waals surface area contributed by atoms with E-state index in [4.69, 9.17) is 0 Å². The Kier molecular flexibility index (Phi) is 5.34. The van der Waals surface area contributed by atoms with Gasteiger partial charge in [0.2, 0.25) is 0 Å². The fourth-order valence-electron chi connectivity index (χ4n) is 4.05. The van der Waals surface area contributed by atoms with Crippen LogP contribution in [0.1, 0.15) is 37.3 Å². The first-order valence-electron chi connectivity index (χ1n) is 9.77. The quantitative estimate of drug-likeness (QED) is 0.874. The minimum Gasteiger partial charge on any atom is -0.317 e. The van der Waals surface area contributed by atoms with E-state index in [9.17, 15) is 8.42 Å². The maximum Gasteiger partial charge on any atom is 0.195 e. The van der Waals surface area contributed by atoms with E-state index in [0.717, 1.165) is 68.3 Å². The molecule has 2 aliphatic heterocycles. The average molecular weight is 388 g/mol. The lowest BCUT2D eigenvalue weighted by Crippen LogP contribution is -2.26. The number of nitrogens with one attached hydrogen (secondary N) is 1. The number of allylic oxidation sites excluding steroid dienone is 1. The summed E-state index contributed by atoms with van der Waals surface area (Å²) in [6.07, 6.45) is 9.76. The number of fused-ring (bicyclic) bond motifs is 1. The van der Waals surface area contributed by atoms with E-state index in [1.807, 2.05) is 16.8 Å². The summed E-state index contributed by atoms with van der Waals surface area (Å²) in [6.45, 7) is 3.76. The number of nitrogens with zero attached hydrogens (tertiary/aromatic N) is 3. The summed E-state index contributed by atoms with van der Waals surface area (Å²) < 4.78 is 26.6. The molecule has 6 nitrogen and oxygen atoms in total. The average Bonchev–Trinajstić information content (AvgIpc) is 3.07. The Morgan fingerprint density at radius 2 is 1.89 bits per heavy atom. The molecule has 2 aromatic rings. The molecule has 1 aromatic heterocycles. The molecule has 0 aliphatic carbocycles. The molecule has 2 fully saturated rings. The highest BCUT2D eigenvalue weighted by Gasteiger charge is 2.24. The highest BCUT2D eigenvalue weighted by Crippen LogP contribution is 2.30. The molecule has 0 amide bonds. The fraction of sp³-hybridized carbons (Fsp3) is 0.550. The Hall–Kier alpha value is -1.70. The number of aromatic nitrogens is 2. The molecule has 1 N–H and O–H groups in total. The molecule has 1 radical (unpaired) electrons. The van der Waals surface area contributed by atoms with Crippen molar-refractivity contribution in [1.29, 1.82) is 0 Å². The highest BCUT2D eigenvalue weighted by atomic mass is 32.2. The van der Waals surface area contributed by atoms with Crippen molar-refractivity contribution in [3.8, 4) is 0 Å². The summed E-state index contributed by atoms with van der Waals surface area (Å²) in [5, 5.41) is 13.2. The lowest BCUT2D eigenvalue weighted by atomic mass is 9.97. The van der Waals surface area contributed by atoms with Gasteiger partial charge in [-0.2, -0.15) is 5.10 Å². The zero-order chi connectivity index (χ0) is 18.9. The van der Waals surface area contributed by atoms with Gasteiger partial charge in [-0.05, 0) is 62.4 Å². The lowest BCUT2D eigenvalue weighted by molar-refractivity contribution is 0.343. The van der Waals surface area contributed by atoms with Gasteiger partial charge in [-0.3, -0.25) is 4.68 Å². The van der Waals surface area contributed by atoms with Gasteiger partial charge in [0.05, 0.1) is 11.6 Å². The Labute approximate surface area is 160 Å². The maximum absolute atomic E-state index is 12.3. The first kappa shape index (κ1) is 18.7. The topological polar surface area (TPSA) is 78.1 Å². The van der Waals surface area contributed by atoms with E-state index in [0.29, 0.717) is 5.92 Å². The van der Waals surface area contributed by atoms with Crippen LogP contribution in [0.2, 0.25) is 0 Å². The molecule has 0 bridgehead atoms. The Balaban J connectivity index is 1.71. The summed E-state index contributed by atoms with van der Waals surface area (Å²) in [5.74, 6) is 0.588. The van der Waals surface area contributed by atoms with Crippen molar-refractivity contribution in [3.05, 3.63) is 29.8 Å². The van der Waals surface area contributed by atoms with Crippen LogP contribution in [0.4, 0.5) is 0 Å². The molecule has 0 spiro atoms. The summed E-state index contributed by atoms with van der Waals surface area (Å²) in [5.41, 5.74) is 1.94. The predicted octanol–water partition coefficient (Wildman–Crippen LogP) is 2.39. The molecule has 3 heterocycles. The molecule has 2 aliphatic rings. The first-order chi connectivity index (χ1) is 13.0. The van der Waals surface area contributed by atoms with Crippen molar-refractivity contribution >= 4 is 26.8 Å². The zero-order valence-electron chi connectivity index (χ0n) is 15.8. The zero-order valence-corrected chi connectivity index (χ0v) is 16.6. The summed E-state index contributed by atoms with van der Waals surface area (Å²) in [6, 6.07) is 6.28. The minimum absolute atomic E-state index is 0.192. The van der Waals surface area contributed by atoms with Gasteiger partial charge < -0.3 is 5.32 Å². The molecule has 7 heteroatoms. The number of hydrogen-bond acceptors (Lipinski definition) is 4. The summed E-state index contributed by atoms with van der Waals surface area (Å²) in [7, 11) is -3.39. The Morgan fingerprint density at radius 3 is 2.59 bits per heavy atom. The second kappa shape index (κ2) is 7.73. The van der Waals surface area contributed by atoms with E-state index < -0.39 is 9.84 Å². The monoisotopic (exact) mass is 387 g/mol. The Bertz CT molecular complexity index is 936. The number of hydrogen-bond donors (Lipinski definition) is 1. The minimum atomic E-state index is -3.39. The van der Waals surface area contributed by atoms with E-state index in [-0.39, 0.29) is 11.1 Å². The van der Waals surface area contributed by atoms with Gasteiger partial charge in [-0.25, -0.2) is 13.7 Å². The molecule has 145 valence electrons. The third-order valence-corrected chi connectivity index (χ3v) is 6.58. The van der Waals surface area contributed by atoms with Gasteiger partial charge in [0, 0.05) is 24.7 Å². The van der Waals surface area contributed by atoms with Crippen molar-refractivity contribution in [2.24, 2.45) is 5.92 Å². The number of sulfone groups is 1. The molecule has 4 rings (SSSR count). The van der Waals surface area contributed by atoms with E-state index in [2.05, 4.69) is 34.0 Å². The molecule has 0 saturated carbocycles. The molecule has 0 atom stereocenters. The number of benzene rings is 1. The summed E-state index contributed by atoms with van der Waals surface area (Å²) >= 11 is 0. The highest BCUT2D eigenvalue weighted by molar-refractivity contribution is 7.90. The molecule has 2 saturated heterocycles. The second-order valence-electron chi connectivity index (χ2n) is 7.65. The third-order valence-electron chi connectivity index (χ3n) is 5.58. The third kappa shape index (κ3) is 4.10. The largest absolute Gasteiger partial charge is 0.317 e. The molecule has 1 aromatic carbocycles. The number of rotatable bonds is 4. The van der Waals surface area contributed by atoms with Crippen LogP contribution in [0, 0.1) is 5.92 Å². The van der Waals surface area contributed by atoms with Gasteiger partial charge in [0.25, 0.3) is 0 Å². The number of piperidine rings is 2. The van der Waals surface area contributed by atoms with Crippen LogP contribution in [-0.2, 0) is 9.84 Å². The van der Waals surface area contributed by atoms with Gasteiger partial charge in [0.15, 0.2) is 14.9 Å². The van der Waals surface area contributed by atoms with Gasteiger partial charge in [0.1, 0.15) is 0 Å². The smallest absolute Gasteiger partial charge is 0.195 e. The molecular formula is C20H27N4O2S. The predicted molar refractivity (Wildman–Crippen MR) is 108 cm³/mol. The van der Waals surface area contributed by atoms with Gasteiger partial charge in [-0.1, -0.05) is 18.2 Å². The van der Waals surface area contributed by atoms with Crippen molar-refractivity contribution < 1.29 is 8.42 Å². The first-order valence-corrected chi connectivity index (χ1v) is 11.7. The van der Waals surface area contributed by atoms with Crippen LogP contribution in [0.3, 0.4) is 0 Å². The van der Waals surface area contributed by atoms with Crippen molar-refractivity contribution in [1.82, 2.24) is 20.4 Å². The van der Waals surface area contributed by atoms with Crippen LogP contribution in [0.15, 0.2) is 29.3 Å². The van der Waals surface area contributed by atoms with Crippen molar-refractivity contribution in [2.75, 3.05) is 32.4 Å². The van der Waals surface area contributed by atoms with Gasteiger partial charge in [-0.15, -0.1) is 0 Å². The van der Waals surface area contributed by atoms with Gasteiger partial charge >= 0.3 is 0 Å². The van der Waals surface area contributed by atoms with Crippen LogP contribution >= 0.6 is 0 Å². The van der Waals surface area contributed by atoms with Crippen LogP contribution in [0.5, 0.6) is 0 Å². The van der Waals surface area contributed by atoms with Crippen molar-refractivity contribution in [3.63, 3.8) is 0 Å². The normalized spacial score (nSPS) is 20.6. The SMILES string of the molecule is CS(=O)(=O)c1nn(C2CC[N]CC2)c2ccc(C=CC3CCNCC3)cc12. The van der Waals surface area contributed by atoms with Crippen LogP contribution < -0.4 is 10.6 Å². The fourth-order valence-corrected chi connectivity index (χ4v) is 4.85. The van der Waals surface area contributed by atoms with E-state index >= 15 is 0 Å². The maximum atomic E-state index is 12.3. The van der Waals surface area contributed by atoms with E-state index in [1.165, 1.54) is 6.26 Å². The molecule has 0 unspecified atom stereocenters. The molecule has 27 heavy (non-hydrogen) atoms. The van der Waals surface area contributed by atoms with Crippen LogP contribution in [0.25, 0.3) is 17.0 Å². The standard InChI is InChI=1S/C20H27N4O2S/c1-27(25,26)20-18-14-16(3-2-15-6-10-21-11-7-15)4-5-19(18)24(23-20)17-8-12-22-13-9-17/h2-5,14-15,17,21H,6-13H2,1H3. The summed E-state index contributed by atoms with van der Waals surface area (Å²) in [4.78, 5) is 0. The lowest BCUT2D eigenvalue weighted by Gasteiger charge is -2.22.